The summed E-state index contributed by atoms with van der Waals surface area (Å²) in [6.07, 6.45) is 2.33. The van der Waals surface area contributed by atoms with Crippen LogP contribution in [0.15, 0.2) is 58.6 Å². The number of aliphatic imine (C=N–C) groups is 1. The molecule has 2 nitrogen and oxygen atoms in total. The first kappa shape index (κ1) is 16.6. The van der Waals surface area contributed by atoms with Gasteiger partial charge in [0.05, 0.1) is 18.1 Å². The minimum Gasteiger partial charge on any atom is -0.335 e. The Labute approximate surface area is 139 Å². The molecule has 1 aliphatic carbocycles. The predicted molar refractivity (Wildman–Crippen MR) is 90.7 cm³/mol. The molecule has 0 spiro atoms. The number of allylic oxidation sites excluding steroid dienone is 2. The van der Waals surface area contributed by atoms with E-state index in [4.69, 9.17) is 0 Å². The molecule has 0 radical (unpaired) electrons. The third kappa shape index (κ3) is 3.45. The molecule has 1 atom stereocenters. The van der Waals surface area contributed by atoms with E-state index in [0.29, 0.717) is 5.57 Å². The number of benzene rings is 1. The molecule has 0 saturated heterocycles. The number of alkyl halides is 3. The van der Waals surface area contributed by atoms with E-state index in [-0.39, 0.29) is 12.5 Å². The third-order valence-electron chi connectivity index (χ3n) is 4.29. The SMILES string of the molecule is Cc1ccccc1C1=C2C=CC(CCC(F)(F)F)=CC2N=CN1C. The van der Waals surface area contributed by atoms with Crippen LogP contribution in [0.25, 0.3) is 5.70 Å². The van der Waals surface area contributed by atoms with Crippen molar-refractivity contribution in [2.45, 2.75) is 32.0 Å². The van der Waals surface area contributed by atoms with Crippen molar-refractivity contribution in [3.8, 4) is 0 Å². The van der Waals surface area contributed by atoms with Crippen molar-refractivity contribution in [2.24, 2.45) is 4.99 Å². The number of aryl methyl sites for hydroxylation is 1. The number of hydrogen-bond donors (Lipinski definition) is 0. The van der Waals surface area contributed by atoms with E-state index in [1.807, 2.05) is 36.2 Å². The van der Waals surface area contributed by atoms with Gasteiger partial charge in [-0.25, -0.2) is 0 Å². The van der Waals surface area contributed by atoms with Crippen molar-refractivity contribution in [1.29, 1.82) is 0 Å². The molecule has 3 rings (SSSR count). The van der Waals surface area contributed by atoms with Crippen LogP contribution in [0.3, 0.4) is 0 Å². The Balaban J connectivity index is 1.93. The van der Waals surface area contributed by atoms with Gasteiger partial charge in [0.15, 0.2) is 0 Å². The summed E-state index contributed by atoms with van der Waals surface area (Å²) in [5.74, 6) is 0. The summed E-state index contributed by atoms with van der Waals surface area (Å²) in [4.78, 5) is 6.43. The van der Waals surface area contributed by atoms with Crippen LogP contribution in [0, 0.1) is 6.92 Å². The van der Waals surface area contributed by atoms with Crippen LogP contribution >= 0.6 is 0 Å². The summed E-state index contributed by atoms with van der Waals surface area (Å²) < 4.78 is 37.3. The summed E-state index contributed by atoms with van der Waals surface area (Å²) in [6.45, 7) is 2.05. The zero-order valence-corrected chi connectivity index (χ0v) is 13.6. The molecular weight excluding hydrogens is 313 g/mol. The molecule has 0 amide bonds. The Morgan fingerprint density at radius 3 is 2.62 bits per heavy atom. The number of hydrogen-bond acceptors (Lipinski definition) is 2. The predicted octanol–water partition coefficient (Wildman–Crippen LogP) is 4.89. The van der Waals surface area contributed by atoms with Crippen LogP contribution in [0.1, 0.15) is 24.0 Å². The van der Waals surface area contributed by atoms with Gasteiger partial charge in [-0.15, -0.1) is 0 Å². The Kier molecular flexibility index (Phi) is 4.35. The van der Waals surface area contributed by atoms with Crippen molar-refractivity contribution in [2.75, 3.05) is 7.05 Å². The van der Waals surface area contributed by atoms with E-state index in [9.17, 15) is 13.2 Å². The van der Waals surface area contributed by atoms with Gasteiger partial charge in [0, 0.05) is 24.6 Å². The maximum atomic E-state index is 12.4. The molecule has 0 bridgehead atoms. The zero-order chi connectivity index (χ0) is 17.3. The van der Waals surface area contributed by atoms with E-state index in [1.54, 1.807) is 12.4 Å². The minimum absolute atomic E-state index is 0.00512. The molecule has 0 fully saturated rings. The van der Waals surface area contributed by atoms with Crippen LogP contribution in [-0.4, -0.2) is 30.5 Å². The highest BCUT2D eigenvalue weighted by atomic mass is 19.4. The molecule has 126 valence electrons. The van der Waals surface area contributed by atoms with Crippen molar-refractivity contribution in [3.05, 3.63) is 64.8 Å². The topological polar surface area (TPSA) is 15.6 Å². The smallest absolute Gasteiger partial charge is 0.335 e. The Hall–Kier alpha value is -2.30. The van der Waals surface area contributed by atoms with Gasteiger partial charge >= 0.3 is 6.18 Å². The average molecular weight is 332 g/mol. The summed E-state index contributed by atoms with van der Waals surface area (Å²) in [5.41, 5.74) is 5.02. The first-order valence-corrected chi connectivity index (χ1v) is 7.87. The molecule has 2 aliphatic rings. The number of nitrogens with zero attached hydrogens (tertiary/aromatic N) is 2. The monoisotopic (exact) mass is 332 g/mol. The molecule has 5 heteroatoms. The molecule has 1 aromatic rings. The highest BCUT2D eigenvalue weighted by molar-refractivity contribution is 5.84. The number of halogens is 3. The molecule has 1 heterocycles. The van der Waals surface area contributed by atoms with Crippen molar-refractivity contribution < 1.29 is 13.2 Å². The molecule has 1 aliphatic heterocycles. The summed E-state index contributed by atoms with van der Waals surface area (Å²) in [6, 6.07) is 7.87. The summed E-state index contributed by atoms with van der Waals surface area (Å²) in [7, 11) is 1.94. The fraction of sp³-hybridized carbons (Fsp3) is 0.316. The Morgan fingerprint density at radius 2 is 1.92 bits per heavy atom. The molecular formula is C19H19F3N2. The number of fused-ring (bicyclic) bond motifs is 1. The molecule has 0 aromatic heterocycles. The quantitative estimate of drug-likeness (QED) is 0.770. The van der Waals surface area contributed by atoms with E-state index < -0.39 is 12.6 Å². The average Bonchev–Trinajstić information content (AvgIpc) is 2.53. The second-order valence-corrected chi connectivity index (χ2v) is 6.13. The Bertz CT molecular complexity index is 754. The first-order valence-electron chi connectivity index (χ1n) is 7.87. The lowest BCUT2D eigenvalue weighted by molar-refractivity contribution is -0.133. The van der Waals surface area contributed by atoms with Crippen LogP contribution in [-0.2, 0) is 0 Å². The lowest BCUT2D eigenvalue weighted by Crippen LogP contribution is -2.26. The highest BCUT2D eigenvalue weighted by Gasteiger charge is 2.29. The second kappa shape index (κ2) is 6.30. The van der Waals surface area contributed by atoms with Gasteiger partial charge in [-0.2, -0.15) is 13.2 Å². The zero-order valence-electron chi connectivity index (χ0n) is 13.6. The fourth-order valence-corrected chi connectivity index (χ4v) is 3.06. The molecule has 0 saturated carbocycles. The summed E-state index contributed by atoms with van der Waals surface area (Å²) >= 11 is 0. The van der Waals surface area contributed by atoms with Crippen molar-refractivity contribution in [1.82, 2.24) is 4.90 Å². The summed E-state index contributed by atoms with van der Waals surface area (Å²) in [5, 5.41) is 0. The van der Waals surface area contributed by atoms with E-state index in [1.165, 1.54) is 0 Å². The lowest BCUT2D eigenvalue weighted by atomic mass is 9.89. The standard InChI is InChI=1S/C19H19F3N2/c1-13-5-3-4-6-15(13)18-16-8-7-14(9-10-19(20,21)22)11-17(16)23-12-24(18)2/h3-8,11-12,17H,9-10H2,1-2H3. The van der Waals surface area contributed by atoms with Crippen LogP contribution in [0.5, 0.6) is 0 Å². The van der Waals surface area contributed by atoms with E-state index in [2.05, 4.69) is 24.0 Å². The van der Waals surface area contributed by atoms with Gasteiger partial charge in [-0.3, -0.25) is 4.99 Å². The van der Waals surface area contributed by atoms with Gasteiger partial charge in [-0.05, 0) is 24.5 Å². The maximum absolute atomic E-state index is 12.4. The van der Waals surface area contributed by atoms with Crippen LogP contribution in [0.2, 0.25) is 0 Å². The molecule has 0 N–H and O–H groups in total. The van der Waals surface area contributed by atoms with Gasteiger partial charge in [0.25, 0.3) is 0 Å². The first-order chi connectivity index (χ1) is 11.3. The highest BCUT2D eigenvalue weighted by Crippen LogP contribution is 2.35. The third-order valence-corrected chi connectivity index (χ3v) is 4.29. The van der Waals surface area contributed by atoms with E-state index in [0.717, 1.165) is 22.4 Å². The molecule has 1 aromatic carbocycles. The van der Waals surface area contributed by atoms with Gasteiger partial charge in [0.1, 0.15) is 0 Å². The molecule has 1 unspecified atom stereocenters. The molecule has 24 heavy (non-hydrogen) atoms. The normalized spacial score (nSPS) is 20.3. The van der Waals surface area contributed by atoms with Gasteiger partial charge in [-0.1, -0.05) is 42.5 Å². The van der Waals surface area contributed by atoms with Gasteiger partial charge < -0.3 is 4.90 Å². The lowest BCUT2D eigenvalue weighted by Gasteiger charge is -2.30. The fourth-order valence-electron chi connectivity index (χ4n) is 3.06. The second-order valence-electron chi connectivity index (χ2n) is 6.13. The van der Waals surface area contributed by atoms with Crippen molar-refractivity contribution in [3.63, 3.8) is 0 Å². The van der Waals surface area contributed by atoms with Crippen LogP contribution < -0.4 is 0 Å². The largest absolute Gasteiger partial charge is 0.389 e. The van der Waals surface area contributed by atoms with Crippen molar-refractivity contribution >= 4 is 12.0 Å². The van der Waals surface area contributed by atoms with Gasteiger partial charge in [0.2, 0.25) is 0 Å². The van der Waals surface area contributed by atoms with Crippen LogP contribution in [0.4, 0.5) is 13.2 Å². The Morgan fingerprint density at radius 1 is 1.17 bits per heavy atom. The number of rotatable bonds is 3. The van der Waals surface area contributed by atoms with E-state index >= 15 is 0 Å². The minimum atomic E-state index is -4.13. The maximum Gasteiger partial charge on any atom is 0.389 e.